The van der Waals surface area contributed by atoms with Crippen LogP contribution in [0.1, 0.15) is 25.7 Å². The maximum Gasteiger partial charge on any atom is 0.222 e. The molecule has 0 bridgehead atoms. The van der Waals surface area contributed by atoms with Crippen molar-refractivity contribution in [2.45, 2.75) is 31.7 Å². The summed E-state index contributed by atoms with van der Waals surface area (Å²) in [5.74, 6) is 1.05. The summed E-state index contributed by atoms with van der Waals surface area (Å²) in [4.78, 5) is 24.4. The van der Waals surface area contributed by atoms with Gasteiger partial charge in [-0.15, -0.1) is 0 Å². The largest absolute Gasteiger partial charge is 0.350 e. The lowest BCUT2D eigenvalue weighted by atomic mass is 10.3. The number of rotatable bonds is 6. The summed E-state index contributed by atoms with van der Waals surface area (Å²) < 4.78 is 0. The first kappa shape index (κ1) is 14.3. The van der Waals surface area contributed by atoms with Crippen LogP contribution in [-0.2, 0) is 4.79 Å². The second kappa shape index (κ2) is 6.85. The molecule has 6 heteroatoms. The fraction of sp³-hybridized carbons (Fsp3) is 0.667. The van der Waals surface area contributed by atoms with Crippen molar-refractivity contribution in [1.82, 2.24) is 19.8 Å². The second-order valence-corrected chi connectivity index (χ2v) is 5.84. The Balaban J connectivity index is 1.36. The van der Waals surface area contributed by atoms with Crippen molar-refractivity contribution in [2.24, 2.45) is 0 Å². The minimum atomic E-state index is 0.331. The average Bonchev–Trinajstić information content (AvgIpc) is 3.10. The van der Waals surface area contributed by atoms with E-state index in [-0.39, 0.29) is 0 Å². The lowest BCUT2D eigenvalue weighted by Gasteiger charge is -2.19. The maximum atomic E-state index is 11.5. The Bertz CT molecular complexity index is 466. The number of hydrogen-bond donors (Lipinski definition) is 1. The summed E-state index contributed by atoms with van der Waals surface area (Å²) in [6.45, 7) is 5.08. The van der Waals surface area contributed by atoms with Crippen LogP contribution in [0.3, 0.4) is 0 Å². The van der Waals surface area contributed by atoms with Gasteiger partial charge in [0.1, 0.15) is 0 Å². The van der Waals surface area contributed by atoms with Crippen LogP contribution in [0.25, 0.3) is 0 Å². The summed E-state index contributed by atoms with van der Waals surface area (Å²) in [5.41, 5.74) is 0. The van der Waals surface area contributed by atoms with Crippen molar-refractivity contribution < 1.29 is 4.79 Å². The van der Waals surface area contributed by atoms with E-state index in [1.807, 2.05) is 11.0 Å². The van der Waals surface area contributed by atoms with Gasteiger partial charge in [-0.3, -0.25) is 4.79 Å². The predicted molar refractivity (Wildman–Crippen MR) is 80.9 cm³/mol. The number of likely N-dealkylation sites (tertiary alicyclic amines) is 2. The van der Waals surface area contributed by atoms with Crippen molar-refractivity contribution >= 4 is 11.9 Å². The van der Waals surface area contributed by atoms with E-state index in [9.17, 15) is 4.79 Å². The molecule has 1 atom stereocenters. The van der Waals surface area contributed by atoms with Crippen LogP contribution in [0.4, 0.5) is 5.95 Å². The number of nitrogens with zero attached hydrogens (tertiary/aromatic N) is 4. The van der Waals surface area contributed by atoms with Crippen molar-refractivity contribution in [2.75, 3.05) is 38.0 Å². The molecule has 1 aromatic rings. The molecule has 1 unspecified atom stereocenters. The summed E-state index contributed by atoms with van der Waals surface area (Å²) in [7, 11) is 0. The standard InChI is InChI=1S/C15H23N5O/c21-14-4-1-9-20(14)10-3-8-19-11-5-13(12-19)18-15-16-6-2-7-17-15/h2,6-7,13H,1,3-5,8-12H2,(H,16,17,18). The molecular weight excluding hydrogens is 266 g/mol. The number of aromatic nitrogens is 2. The molecule has 0 saturated carbocycles. The van der Waals surface area contributed by atoms with Gasteiger partial charge >= 0.3 is 0 Å². The zero-order chi connectivity index (χ0) is 14.5. The average molecular weight is 289 g/mol. The number of nitrogens with one attached hydrogen (secondary N) is 1. The highest BCUT2D eigenvalue weighted by Crippen LogP contribution is 2.14. The highest BCUT2D eigenvalue weighted by molar-refractivity contribution is 5.77. The minimum absolute atomic E-state index is 0.331. The zero-order valence-electron chi connectivity index (χ0n) is 12.4. The topological polar surface area (TPSA) is 61.4 Å². The minimum Gasteiger partial charge on any atom is -0.350 e. The van der Waals surface area contributed by atoms with Crippen molar-refractivity contribution in [1.29, 1.82) is 0 Å². The number of anilines is 1. The molecule has 3 rings (SSSR count). The molecule has 2 aliphatic rings. The molecule has 1 amide bonds. The first-order valence-electron chi connectivity index (χ1n) is 7.85. The first-order valence-corrected chi connectivity index (χ1v) is 7.85. The molecule has 2 saturated heterocycles. The van der Waals surface area contributed by atoms with Gasteiger partial charge in [0.05, 0.1) is 0 Å². The SMILES string of the molecule is O=C1CCCN1CCCN1CCC(Nc2ncccn2)C1. The number of carbonyl (C=O) groups excluding carboxylic acids is 1. The Morgan fingerprint density at radius 2 is 2.10 bits per heavy atom. The van der Waals surface area contributed by atoms with Crippen LogP contribution in [0.2, 0.25) is 0 Å². The van der Waals surface area contributed by atoms with E-state index in [1.165, 1.54) is 0 Å². The monoisotopic (exact) mass is 289 g/mol. The summed E-state index contributed by atoms with van der Waals surface area (Å²) in [5, 5.41) is 3.38. The van der Waals surface area contributed by atoms with Gasteiger partial charge in [0, 0.05) is 51.0 Å². The molecule has 0 aromatic carbocycles. The van der Waals surface area contributed by atoms with Crippen LogP contribution in [0.15, 0.2) is 18.5 Å². The van der Waals surface area contributed by atoms with Gasteiger partial charge in [0.15, 0.2) is 0 Å². The van der Waals surface area contributed by atoms with Gasteiger partial charge in [-0.05, 0) is 31.9 Å². The number of amides is 1. The number of carbonyl (C=O) groups is 1. The van der Waals surface area contributed by atoms with E-state index < -0.39 is 0 Å². The molecule has 6 nitrogen and oxygen atoms in total. The molecule has 2 fully saturated rings. The van der Waals surface area contributed by atoms with E-state index in [0.29, 0.717) is 17.9 Å². The predicted octanol–water partition coefficient (Wildman–Crippen LogP) is 0.975. The van der Waals surface area contributed by atoms with Crippen molar-refractivity contribution in [3.63, 3.8) is 0 Å². The Morgan fingerprint density at radius 1 is 1.24 bits per heavy atom. The van der Waals surface area contributed by atoms with Gasteiger partial charge in [-0.2, -0.15) is 0 Å². The van der Waals surface area contributed by atoms with E-state index in [1.54, 1.807) is 12.4 Å². The van der Waals surface area contributed by atoms with Crippen LogP contribution >= 0.6 is 0 Å². The van der Waals surface area contributed by atoms with Gasteiger partial charge in [-0.25, -0.2) is 9.97 Å². The first-order chi connectivity index (χ1) is 10.3. The summed E-state index contributed by atoms with van der Waals surface area (Å²) in [6, 6.07) is 2.26. The second-order valence-electron chi connectivity index (χ2n) is 5.84. The fourth-order valence-corrected chi connectivity index (χ4v) is 3.14. The lowest BCUT2D eigenvalue weighted by Crippen LogP contribution is -2.31. The third-order valence-corrected chi connectivity index (χ3v) is 4.25. The molecule has 2 aliphatic heterocycles. The normalized spacial score (nSPS) is 23.0. The third kappa shape index (κ3) is 3.91. The molecule has 21 heavy (non-hydrogen) atoms. The lowest BCUT2D eigenvalue weighted by molar-refractivity contribution is -0.127. The Kier molecular flexibility index (Phi) is 4.65. The highest BCUT2D eigenvalue weighted by Gasteiger charge is 2.23. The fourth-order valence-electron chi connectivity index (χ4n) is 3.14. The van der Waals surface area contributed by atoms with Crippen LogP contribution in [-0.4, -0.2) is 64.4 Å². The molecule has 0 aliphatic carbocycles. The quantitative estimate of drug-likeness (QED) is 0.846. The van der Waals surface area contributed by atoms with Gasteiger partial charge < -0.3 is 15.1 Å². The molecule has 114 valence electrons. The molecule has 1 aromatic heterocycles. The molecule has 1 N–H and O–H groups in total. The van der Waals surface area contributed by atoms with E-state index in [0.717, 1.165) is 58.4 Å². The van der Waals surface area contributed by atoms with Gasteiger partial charge in [-0.1, -0.05) is 0 Å². The van der Waals surface area contributed by atoms with Crippen molar-refractivity contribution in [3.8, 4) is 0 Å². The Hall–Kier alpha value is -1.69. The Labute approximate surface area is 125 Å². The van der Waals surface area contributed by atoms with Crippen LogP contribution in [0.5, 0.6) is 0 Å². The molecule has 0 spiro atoms. The Morgan fingerprint density at radius 3 is 2.86 bits per heavy atom. The number of hydrogen-bond acceptors (Lipinski definition) is 5. The van der Waals surface area contributed by atoms with Crippen molar-refractivity contribution in [3.05, 3.63) is 18.5 Å². The highest BCUT2D eigenvalue weighted by atomic mass is 16.2. The van der Waals surface area contributed by atoms with Crippen LogP contribution < -0.4 is 5.32 Å². The molecular formula is C15H23N5O. The van der Waals surface area contributed by atoms with Gasteiger partial charge in [0.2, 0.25) is 11.9 Å². The molecule has 0 radical (unpaired) electrons. The smallest absolute Gasteiger partial charge is 0.222 e. The van der Waals surface area contributed by atoms with Gasteiger partial charge in [0.25, 0.3) is 0 Å². The zero-order valence-corrected chi connectivity index (χ0v) is 12.4. The van der Waals surface area contributed by atoms with E-state index >= 15 is 0 Å². The van der Waals surface area contributed by atoms with E-state index in [2.05, 4.69) is 20.2 Å². The molecule has 3 heterocycles. The summed E-state index contributed by atoms with van der Waals surface area (Å²) in [6.07, 6.45) is 7.49. The third-order valence-electron chi connectivity index (χ3n) is 4.25. The van der Waals surface area contributed by atoms with Crippen LogP contribution in [0, 0.1) is 0 Å². The van der Waals surface area contributed by atoms with E-state index in [4.69, 9.17) is 0 Å². The maximum absolute atomic E-state index is 11.5. The summed E-state index contributed by atoms with van der Waals surface area (Å²) >= 11 is 0.